The van der Waals surface area contributed by atoms with E-state index in [1.165, 1.54) is 18.4 Å². The summed E-state index contributed by atoms with van der Waals surface area (Å²) >= 11 is 2.68. The molecule has 0 aliphatic heterocycles. The van der Waals surface area contributed by atoms with Crippen molar-refractivity contribution in [3.05, 3.63) is 70.6 Å². The van der Waals surface area contributed by atoms with E-state index in [0.717, 1.165) is 38.8 Å². The average Bonchev–Trinajstić information content (AvgIpc) is 3.65. The lowest BCUT2D eigenvalue weighted by Crippen LogP contribution is -2.12. The first-order valence-electron chi connectivity index (χ1n) is 11.0. The van der Waals surface area contributed by atoms with E-state index < -0.39 is 12.6 Å². The Balaban J connectivity index is 1.58. The van der Waals surface area contributed by atoms with Gasteiger partial charge < -0.3 is 19.3 Å². The van der Waals surface area contributed by atoms with Crippen molar-refractivity contribution in [1.82, 2.24) is 18.5 Å². The minimum Gasteiger partial charge on any atom is -0.497 e. The predicted molar refractivity (Wildman–Crippen MR) is 138 cm³/mol. The highest BCUT2D eigenvalue weighted by Crippen LogP contribution is 2.36. The van der Waals surface area contributed by atoms with Crippen LogP contribution in [0.25, 0.3) is 21.6 Å². The lowest BCUT2D eigenvalue weighted by molar-refractivity contribution is -0.139. The van der Waals surface area contributed by atoms with Crippen molar-refractivity contribution in [3.8, 4) is 28.0 Å². The lowest BCUT2D eigenvalue weighted by atomic mass is 10.0. The molecule has 0 amide bonds. The molecule has 2 aromatic carbocycles. The van der Waals surface area contributed by atoms with Crippen molar-refractivity contribution in [2.75, 3.05) is 13.7 Å². The monoisotopic (exact) mass is 536 g/mol. The standard InChI is InChI=1S/C25H20N4O6S2/c1-33-17-6-5-16(21(11-17)34-13-23(31)32)12-29-25(35-14-30)18(24(26-29)22-3-2-8-36-22)9-15-4-7-19-20(10-15)28-37-27-19/h2-8,10-11,14H,9,12-13H2,1H3,(H,31,32). The highest BCUT2D eigenvalue weighted by molar-refractivity contribution is 7.13. The molecule has 0 fully saturated rings. The number of carbonyl (C=O) groups is 2. The zero-order valence-electron chi connectivity index (χ0n) is 19.5. The molecule has 188 valence electrons. The van der Waals surface area contributed by atoms with Crippen LogP contribution in [0, 0.1) is 0 Å². The van der Waals surface area contributed by atoms with Crippen molar-refractivity contribution in [3.63, 3.8) is 0 Å². The Morgan fingerprint density at radius 1 is 1.14 bits per heavy atom. The Morgan fingerprint density at radius 3 is 2.76 bits per heavy atom. The highest BCUT2D eigenvalue weighted by atomic mass is 32.1. The second-order valence-corrected chi connectivity index (χ2v) is 9.38. The third kappa shape index (κ3) is 5.29. The third-order valence-corrected chi connectivity index (χ3v) is 6.99. The summed E-state index contributed by atoms with van der Waals surface area (Å²) < 4.78 is 26.4. The summed E-state index contributed by atoms with van der Waals surface area (Å²) in [5.74, 6) is 0.0261. The van der Waals surface area contributed by atoms with E-state index in [2.05, 4.69) is 8.75 Å². The van der Waals surface area contributed by atoms with Gasteiger partial charge in [-0.1, -0.05) is 12.1 Å². The van der Waals surface area contributed by atoms with Crippen molar-refractivity contribution in [2.24, 2.45) is 0 Å². The quantitative estimate of drug-likeness (QED) is 0.246. The lowest BCUT2D eigenvalue weighted by Gasteiger charge is -2.13. The molecular formula is C25H20N4O6S2. The third-order valence-electron chi connectivity index (χ3n) is 5.56. The molecule has 3 aromatic heterocycles. The van der Waals surface area contributed by atoms with Crippen LogP contribution in [-0.2, 0) is 22.6 Å². The van der Waals surface area contributed by atoms with Crippen molar-refractivity contribution >= 4 is 46.5 Å². The maximum atomic E-state index is 11.6. The maximum Gasteiger partial charge on any atom is 0.341 e. The molecule has 0 aliphatic rings. The number of benzene rings is 2. The van der Waals surface area contributed by atoms with Gasteiger partial charge in [0, 0.05) is 23.6 Å². The molecule has 5 aromatic rings. The van der Waals surface area contributed by atoms with Gasteiger partial charge in [0.25, 0.3) is 6.47 Å². The van der Waals surface area contributed by atoms with Gasteiger partial charge in [-0.2, -0.15) is 13.8 Å². The molecule has 0 radical (unpaired) electrons. The fourth-order valence-corrected chi connectivity index (χ4v) is 5.16. The van der Waals surface area contributed by atoms with Gasteiger partial charge in [-0.25, -0.2) is 9.48 Å². The van der Waals surface area contributed by atoms with E-state index >= 15 is 0 Å². The first kappa shape index (κ1) is 24.4. The Bertz CT molecular complexity index is 1560. The first-order valence-corrected chi connectivity index (χ1v) is 12.6. The van der Waals surface area contributed by atoms with E-state index in [1.807, 2.05) is 35.7 Å². The van der Waals surface area contributed by atoms with Crippen LogP contribution in [0.3, 0.4) is 0 Å². The molecule has 1 N–H and O–H groups in total. The van der Waals surface area contributed by atoms with Crippen LogP contribution in [0.2, 0.25) is 0 Å². The number of methoxy groups -OCH3 is 1. The van der Waals surface area contributed by atoms with Gasteiger partial charge in [0.05, 0.1) is 30.3 Å². The summed E-state index contributed by atoms with van der Waals surface area (Å²) in [6.07, 6.45) is 0.439. The summed E-state index contributed by atoms with van der Waals surface area (Å²) in [5, 5.41) is 15.9. The van der Waals surface area contributed by atoms with Gasteiger partial charge in [-0.15, -0.1) is 11.3 Å². The molecule has 3 heterocycles. The normalized spacial score (nSPS) is 10.9. The summed E-state index contributed by atoms with van der Waals surface area (Å²) in [5.41, 5.74) is 4.64. The van der Waals surface area contributed by atoms with Crippen molar-refractivity contribution in [2.45, 2.75) is 13.0 Å². The molecular weight excluding hydrogens is 516 g/mol. The Morgan fingerprint density at radius 2 is 2.00 bits per heavy atom. The number of aliphatic carboxylic acids is 1. The van der Waals surface area contributed by atoms with Gasteiger partial charge in [0.1, 0.15) is 28.2 Å². The summed E-state index contributed by atoms with van der Waals surface area (Å²) in [4.78, 5) is 23.6. The number of fused-ring (bicyclic) bond motifs is 1. The molecule has 5 rings (SSSR count). The molecule has 0 saturated carbocycles. The van der Waals surface area contributed by atoms with Crippen LogP contribution in [0.1, 0.15) is 16.7 Å². The highest BCUT2D eigenvalue weighted by Gasteiger charge is 2.23. The molecule has 0 unspecified atom stereocenters. The van der Waals surface area contributed by atoms with Gasteiger partial charge >= 0.3 is 5.97 Å². The average molecular weight is 537 g/mol. The largest absolute Gasteiger partial charge is 0.497 e. The second kappa shape index (κ2) is 10.8. The van der Waals surface area contributed by atoms with Crippen LogP contribution in [0.4, 0.5) is 0 Å². The van der Waals surface area contributed by atoms with E-state index in [0.29, 0.717) is 35.6 Å². The Kier molecular flexibility index (Phi) is 7.10. The molecule has 0 aliphatic carbocycles. The number of aromatic nitrogens is 4. The smallest absolute Gasteiger partial charge is 0.341 e. The number of carboxylic acid groups (broad SMARTS) is 1. The summed E-state index contributed by atoms with van der Waals surface area (Å²) in [7, 11) is 1.51. The number of rotatable bonds is 11. The molecule has 12 heteroatoms. The number of ether oxygens (including phenoxy) is 3. The SMILES string of the molecule is COc1ccc(Cn2nc(-c3cccs3)c(Cc3ccc4nsnc4c3)c2OC=O)c(OCC(=O)O)c1. The van der Waals surface area contributed by atoms with E-state index in [4.69, 9.17) is 24.4 Å². The molecule has 0 saturated heterocycles. The number of nitrogens with zero attached hydrogens (tertiary/aromatic N) is 4. The number of thiophene rings is 1. The molecule has 0 spiro atoms. The molecule has 10 nitrogen and oxygen atoms in total. The molecule has 37 heavy (non-hydrogen) atoms. The van der Waals surface area contributed by atoms with E-state index in [9.17, 15) is 9.59 Å². The number of carbonyl (C=O) groups excluding carboxylic acids is 1. The van der Waals surface area contributed by atoms with Crippen molar-refractivity contribution < 1.29 is 28.9 Å². The van der Waals surface area contributed by atoms with E-state index in [-0.39, 0.29) is 12.4 Å². The Labute approximate surface area is 219 Å². The zero-order valence-corrected chi connectivity index (χ0v) is 21.1. The fraction of sp³-hybridized carbons (Fsp3) is 0.160. The molecule has 0 atom stereocenters. The minimum absolute atomic E-state index is 0.162. The summed E-state index contributed by atoms with van der Waals surface area (Å²) in [6, 6.07) is 14.8. The Hall–Kier alpha value is -4.29. The number of carboxylic acids is 1. The topological polar surface area (TPSA) is 126 Å². The molecule has 0 bridgehead atoms. The van der Waals surface area contributed by atoms with Crippen LogP contribution < -0.4 is 14.2 Å². The number of hydrogen-bond acceptors (Lipinski definition) is 10. The summed E-state index contributed by atoms with van der Waals surface area (Å²) in [6.45, 7) is 0.0186. The van der Waals surface area contributed by atoms with Crippen LogP contribution in [0.15, 0.2) is 53.9 Å². The van der Waals surface area contributed by atoms with Crippen molar-refractivity contribution in [1.29, 1.82) is 0 Å². The second-order valence-electron chi connectivity index (χ2n) is 7.90. The van der Waals surface area contributed by atoms with Gasteiger partial charge in [0.2, 0.25) is 5.88 Å². The van der Waals surface area contributed by atoms with Gasteiger partial charge in [-0.05, 0) is 41.3 Å². The van der Waals surface area contributed by atoms with Crippen LogP contribution in [-0.4, -0.2) is 49.8 Å². The zero-order chi connectivity index (χ0) is 25.8. The number of hydrogen-bond donors (Lipinski definition) is 1. The van der Waals surface area contributed by atoms with Crippen LogP contribution in [0.5, 0.6) is 17.4 Å². The fourth-order valence-electron chi connectivity index (χ4n) is 3.91. The van der Waals surface area contributed by atoms with Gasteiger partial charge in [-0.3, -0.25) is 4.79 Å². The minimum atomic E-state index is -1.10. The van der Waals surface area contributed by atoms with Crippen LogP contribution >= 0.6 is 23.1 Å². The van der Waals surface area contributed by atoms with E-state index in [1.54, 1.807) is 22.9 Å². The first-order chi connectivity index (χ1) is 18.1. The maximum absolute atomic E-state index is 11.6. The van der Waals surface area contributed by atoms with Gasteiger partial charge in [0.15, 0.2) is 6.61 Å². The predicted octanol–water partition coefficient (Wildman–Crippen LogP) is 4.26.